The molecule has 0 unspecified atom stereocenters. The smallest absolute Gasteiger partial charge is 0.241 e. The number of methoxy groups -OCH3 is 1. The van der Waals surface area contributed by atoms with Crippen LogP contribution < -0.4 is 14.8 Å². The minimum atomic E-state index is -3.46. The molecule has 1 aromatic carbocycles. The van der Waals surface area contributed by atoms with Crippen LogP contribution in [0.4, 0.5) is 0 Å². The van der Waals surface area contributed by atoms with Gasteiger partial charge in [-0.2, -0.15) is 0 Å². The zero-order valence-electron chi connectivity index (χ0n) is 12.5. The van der Waals surface area contributed by atoms with E-state index in [0.29, 0.717) is 17.5 Å². The summed E-state index contributed by atoms with van der Waals surface area (Å²) in [5.74, 6) is 0.722. The lowest BCUT2D eigenvalue weighted by molar-refractivity contribution is 0.407. The maximum atomic E-state index is 12.4. The monoisotopic (exact) mass is 310 g/mol. The summed E-state index contributed by atoms with van der Waals surface area (Å²) in [7, 11) is -1.85. The molecule has 21 heavy (non-hydrogen) atoms. The van der Waals surface area contributed by atoms with Crippen LogP contribution in [0.1, 0.15) is 38.2 Å². The Labute approximate surface area is 126 Å². The van der Waals surface area contributed by atoms with Crippen LogP contribution in [0, 0.1) is 0 Å². The molecule has 3 rings (SSSR count). The largest absolute Gasteiger partial charge is 0.496 e. The molecular formula is C15H22N2O3S. The summed E-state index contributed by atoms with van der Waals surface area (Å²) in [5.41, 5.74) is 0.624. The molecule has 0 aliphatic heterocycles. The van der Waals surface area contributed by atoms with Crippen LogP contribution in [-0.2, 0) is 16.6 Å². The van der Waals surface area contributed by atoms with Crippen LogP contribution in [0.3, 0.4) is 0 Å². The van der Waals surface area contributed by atoms with E-state index in [1.165, 1.54) is 12.8 Å². The first-order valence-corrected chi connectivity index (χ1v) is 8.84. The third-order valence-corrected chi connectivity index (χ3v) is 5.74. The van der Waals surface area contributed by atoms with Crippen molar-refractivity contribution < 1.29 is 13.2 Å². The van der Waals surface area contributed by atoms with Crippen molar-refractivity contribution in [1.29, 1.82) is 0 Å². The van der Waals surface area contributed by atoms with Gasteiger partial charge in [0.2, 0.25) is 10.0 Å². The van der Waals surface area contributed by atoms with Crippen molar-refractivity contribution in [1.82, 2.24) is 10.0 Å². The number of hydrogen-bond donors (Lipinski definition) is 2. The third kappa shape index (κ3) is 3.56. The lowest BCUT2D eigenvalue weighted by Crippen LogP contribution is -2.34. The number of nitrogens with one attached hydrogen (secondary N) is 2. The van der Waals surface area contributed by atoms with Crippen molar-refractivity contribution in [3.05, 3.63) is 23.8 Å². The zero-order chi connectivity index (χ0) is 15.1. The molecule has 2 saturated carbocycles. The molecule has 0 heterocycles. The minimum Gasteiger partial charge on any atom is -0.496 e. The van der Waals surface area contributed by atoms with Crippen molar-refractivity contribution in [3.63, 3.8) is 0 Å². The summed E-state index contributed by atoms with van der Waals surface area (Å²) in [6.07, 6.45) is 4.19. The van der Waals surface area contributed by atoms with Crippen LogP contribution in [0.2, 0.25) is 0 Å². The highest BCUT2D eigenvalue weighted by molar-refractivity contribution is 7.89. The molecule has 2 aliphatic rings. The minimum absolute atomic E-state index is 0.259. The topological polar surface area (TPSA) is 67.4 Å². The van der Waals surface area contributed by atoms with Crippen LogP contribution in [0.25, 0.3) is 0 Å². The van der Waals surface area contributed by atoms with Crippen molar-refractivity contribution >= 4 is 10.0 Å². The van der Waals surface area contributed by atoms with Crippen molar-refractivity contribution in [2.75, 3.05) is 7.11 Å². The molecule has 2 N–H and O–H groups in total. The van der Waals surface area contributed by atoms with Crippen molar-refractivity contribution in [2.24, 2.45) is 0 Å². The highest BCUT2D eigenvalue weighted by Gasteiger charge is 2.41. The van der Waals surface area contributed by atoms with Gasteiger partial charge in [0.1, 0.15) is 5.75 Å². The van der Waals surface area contributed by atoms with E-state index < -0.39 is 10.0 Å². The van der Waals surface area contributed by atoms with E-state index in [1.54, 1.807) is 25.3 Å². The molecule has 0 spiro atoms. The van der Waals surface area contributed by atoms with Gasteiger partial charge in [0, 0.05) is 23.7 Å². The second-order valence-electron chi connectivity index (χ2n) is 6.29. The molecule has 2 fully saturated rings. The van der Waals surface area contributed by atoms with Crippen LogP contribution in [-0.4, -0.2) is 27.1 Å². The van der Waals surface area contributed by atoms with E-state index in [4.69, 9.17) is 4.74 Å². The summed E-state index contributed by atoms with van der Waals surface area (Å²) in [6, 6.07) is 5.61. The molecule has 116 valence electrons. The fraction of sp³-hybridized carbons (Fsp3) is 0.600. The highest BCUT2D eigenvalue weighted by atomic mass is 32.2. The Morgan fingerprint density at radius 2 is 2.05 bits per heavy atom. The molecule has 6 heteroatoms. The van der Waals surface area contributed by atoms with Gasteiger partial charge in [-0.05, 0) is 50.8 Å². The van der Waals surface area contributed by atoms with Crippen LogP contribution >= 0.6 is 0 Å². The number of benzene rings is 1. The molecule has 0 radical (unpaired) electrons. The van der Waals surface area contributed by atoms with E-state index in [-0.39, 0.29) is 5.54 Å². The summed E-state index contributed by atoms with van der Waals surface area (Å²) in [6.45, 7) is 2.57. The predicted octanol–water partition coefficient (Wildman–Crippen LogP) is 1.78. The van der Waals surface area contributed by atoms with Gasteiger partial charge in [0.05, 0.1) is 12.0 Å². The molecule has 0 amide bonds. The van der Waals surface area contributed by atoms with Crippen LogP contribution in [0.15, 0.2) is 23.1 Å². The second-order valence-corrected chi connectivity index (χ2v) is 7.98. The molecule has 0 saturated heterocycles. The number of rotatable bonds is 7. The van der Waals surface area contributed by atoms with Gasteiger partial charge < -0.3 is 10.1 Å². The lowest BCUT2D eigenvalue weighted by atomic mass is 10.2. The number of sulfonamides is 1. The van der Waals surface area contributed by atoms with Gasteiger partial charge in [0.15, 0.2) is 0 Å². The maximum Gasteiger partial charge on any atom is 0.241 e. The normalized spacial score (nSPS) is 20.3. The Hall–Kier alpha value is -1.11. The number of hydrogen-bond acceptors (Lipinski definition) is 4. The molecule has 2 aliphatic carbocycles. The highest BCUT2D eigenvalue weighted by Crippen LogP contribution is 2.36. The van der Waals surface area contributed by atoms with E-state index >= 15 is 0 Å². The van der Waals surface area contributed by atoms with Gasteiger partial charge in [-0.1, -0.05) is 0 Å². The first-order valence-electron chi connectivity index (χ1n) is 7.36. The average molecular weight is 310 g/mol. The summed E-state index contributed by atoms with van der Waals surface area (Å²) in [5, 5.41) is 3.39. The average Bonchev–Trinajstić information content (AvgIpc) is 3.34. The Morgan fingerprint density at radius 3 is 2.62 bits per heavy atom. The van der Waals surface area contributed by atoms with E-state index in [0.717, 1.165) is 24.2 Å². The molecule has 1 aromatic rings. The molecular weight excluding hydrogens is 288 g/mol. The summed E-state index contributed by atoms with van der Waals surface area (Å²) in [4.78, 5) is 0.309. The predicted molar refractivity (Wildman–Crippen MR) is 80.8 cm³/mol. The standard InChI is InChI=1S/C15H22N2O3S/c1-15(7-8-15)17-21(18,19)13-5-6-14(20-2)11(9-13)10-16-12-3-4-12/h5-6,9,12,16-17H,3-4,7-8,10H2,1-2H3. The van der Waals surface area contributed by atoms with Gasteiger partial charge in [0.25, 0.3) is 0 Å². The number of ether oxygens (including phenoxy) is 1. The van der Waals surface area contributed by atoms with E-state index in [2.05, 4.69) is 10.0 Å². The lowest BCUT2D eigenvalue weighted by Gasteiger charge is -2.15. The Morgan fingerprint density at radius 1 is 1.33 bits per heavy atom. The van der Waals surface area contributed by atoms with Gasteiger partial charge in [-0.25, -0.2) is 13.1 Å². The van der Waals surface area contributed by atoms with Crippen molar-refractivity contribution in [2.45, 2.75) is 55.6 Å². The summed E-state index contributed by atoms with van der Waals surface area (Å²) < 4.78 is 32.9. The summed E-state index contributed by atoms with van der Waals surface area (Å²) >= 11 is 0. The molecule has 0 atom stereocenters. The Balaban J connectivity index is 1.82. The quantitative estimate of drug-likeness (QED) is 0.805. The Kier molecular flexibility index (Phi) is 3.71. The van der Waals surface area contributed by atoms with Gasteiger partial charge >= 0.3 is 0 Å². The fourth-order valence-electron chi connectivity index (χ4n) is 2.27. The van der Waals surface area contributed by atoms with E-state index in [1.807, 2.05) is 6.92 Å². The first kappa shape index (κ1) is 14.8. The SMILES string of the molecule is COc1ccc(S(=O)(=O)NC2(C)CC2)cc1CNC1CC1. The second kappa shape index (κ2) is 5.26. The molecule has 5 nitrogen and oxygen atoms in total. The first-order chi connectivity index (χ1) is 9.92. The fourth-order valence-corrected chi connectivity index (χ4v) is 3.79. The zero-order valence-corrected chi connectivity index (χ0v) is 13.3. The molecule has 0 aromatic heterocycles. The van der Waals surface area contributed by atoms with E-state index in [9.17, 15) is 8.42 Å². The van der Waals surface area contributed by atoms with Gasteiger partial charge in [-0.15, -0.1) is 0 Å². The third-order valence-electron chi connectivity index (χ3n) is 4.10. The maximum absolute atomic E-state index is 12.4. The van der Waals surface area contributed by atoms with Crippen LogP contribution in [0.5, 0.6) is 5.75 Å². The van der Waals surface area contributed by atoms with Crippen molar-refractivity contribution in [3.8, 4) is 5.75 Å². The Bertz CT molecular complexity index is 634. The molecule has 0 bridgehead atoms. The van der Waals surface area contributed by atoms with Gasteiger partial charge in [-0.3, -0.25) is 0 Å².